The molecule has 0 amide bonds. The van der Waals surface area contributed by atoms with E-state index in [0.717, 1.165) is 32.1 Å². The fourth-order valence-electron chi connectivity index (χ4n) is 1.51. The van der Waals surface area contributed by atoms with Crippen LogP contribution >= 0.6 is 0 Å². The predicted molar refractivity (Wildman–Crippen MR) is 74.1 cm³/mol. The number of unbranched alkanes of at least 4 members (excludes halogenated alkanes) is 1. The molecule has 0 saturated carbocycles. The molecule has 2 heteroatoms. The van der Waals surface area contributed by atoms with Crippen LogP contribution in [0.1, 0.15) is 73.6 Å². The molecular formula is C15H30O2. The van der Waals surface area contributed by atoms with E-state index in [4.69, 9.17) is 0 Å². The van der Waals surface area contributed by atoms with E-state index in [-0.39, 0.29) is 5.78 Å². The summed E-state index contributed by atoms with van der Waals surface area (Å²) in [5.74, 6) is 1.77. The summed E-state index contributed by atoms with van der Waals surface area (Å²) in [5.41, 5.74) is 0. The lowest BCUT2D eigenvalue weighted by atomic mass is 10.0. The highest BCUT2D eigenvalue weighted by Gasteiger charge is 2.02. The first-order valence-corrected chi connectivity index (χ1v) is 6.80. The number of carbonyl (C=O) groups is 2. The maximum Gasteiger partial charge on any atom is 0.133 e. The Morgan fingerprint density at radius 2 is 1.41 bits per heavy atom. The van der Waals surface area contributed by atoms with Crippen molar-refractivity contribution in [2.75, 3.05) is 0 Å². The van der Waals surface area contributed by atoms with Gasteiger partial charge in [-0.15, -0.1) is 0 Å². The summed E-state index contributed by atoms with van der Waals surface area (Å²) in [5, 5.41) is 0. The SMILES string of the molecule is CC(=O)CC(C)C.CCCCC(=O)CC(C)C. The van der Waals surface area contributed by atoms with E-state index < -0.39 is 0 Å². The van der Waals surface area contributed by atoms with E-state index in [9.17, 15) is 9.59 Å². The van der Waals surface area contributed by atoms with Crippen LogP contribution in [-0.4, -0.2) is 11.6 Å². The number of ketones is 2. The van der Waals surface area contributed by atoms with Gasteiger partial charge in [0, 0.05) is 19.3 Å². The average Bonchev–Trinajstić information content (AvgIpc) is 2.12. The summed E-state index contributed by atoms with van der Waals surface area (Å²) in [6.07, 6.45) is 4.46. The number of carbonyl (C=O) groups excluding carboxylic acids is 2. The van der Waals surface area contributed by atoms with Gasteiger partial charge in [-0.1, -0.05) is 41.0 Å². The molecule has 0 aromatic carbocycles. The van der Waals surface area contributed by atoms with Gasteiger partial charge in [0.25, 0.3) is 0 Å². The van der Waals surface area contributed by atoms with Crippen LogP contribution in [0, 0.1) is 11.8 Å². The van der Waals surface area contributed by atoms with Gasteiger partial charge in [-0.3, -0.25) is 4.79 Å². The minimum atomic E-state index is 0.287. The van der Waals surface area contributed by atoms with Crippen LogP contribution < -0.4 is 0 Å². The average molecular weight is 242 g/mol. The Bertz CT molecular complexity index is 205. The molecule has 2 nitrogen and oxygen atoms in total. The largest absolute Gasteiger partial charge is 0.300 e. The molecule has 0 radical (unpaired) electrons. The molecule has 0 fully saturated rings. The van der Waals surface area contributed by atoms with Crippen molar-refractivity contribution >= 4 is 11.6 Å². The first-order valence-electron chi connectivity index (χ1n) is 6.80. The van der Waals surface area contributed by atoms with Crippen molar-refractivity contribution in [2.24, 2.45) is 11.8 Å². The van der Waals surface area contributed by atoms with Crippen LogP contribution in [-0.2, 0) is 9.59 Å². The quantitative estimate of drug-likeness (QED) is 0.662. The normalized spacial score (nSPS) is 10.1. The Morgan fingerprint density at radius 1 is 0.941 bits per heavy atom. The van der Waals surface area contributed by atoms with Crippen molar-refractivity contribution in [1.82, 2.24) is 0 Å². The number of hydrogen-bond donors (Lipinski definition) is 0. The van der Waals surface area contributed by atoms with Crippen LogP contribution in [0.25, 0.3) is 0 Å². The van der Waals surface area contributed by atoms with Crippen molar-refractivity contribution in [1.29, 1.82) is 0 Å². The van der Waals surface area contributed by atoms with E-state index >= 15 is 0 Å². The topological polar surface area (TPSA) is 34.1 Å². The molecule has 0 aliphatic rings. The molecule has 0 unspecified atom stereocenters. The van der Waals surface area contributed by atoms with Gasteiger partial charge in [-0.05, 0) is 25.2 Å². The maximum absolute atomic E-state index is 11.0. The molecule has 0 aliphatic heterocycles. The Morgan fingerprint density at radius 3 is 1.65 bits per heavy atom. The molecule has 0 aliphatic carbocycles. The first kappa shape index (κ1) is 18.7. The second-order valence-corrected chi connectivity index (χ2v) is 5.54. The standard InChI is InChI=1S/C9H18O.C6H12O/c1-4-5-6-9(10)7-8(2)3;1-5(2)4-6(3)7/h8H,4-7H2,1-3H3;5H,4H2,1-3H3. The Hall–Kier alpha value is -0.660. The number of hydrogen-bond acceptors (Lipinski definition) is 2. The molecule has 0 spiro atoms. The van der Waals surface area contributed by atoms with Gasteiger partial charge >= 0.3 is 0 Å². The molecule has 102 valence electrons. The summed E-state index contributed by atoms with van der Waals surface area (Å²) in [7, 11) is 0. The van der Waals surface area contributed by atoms with Gasteiger partial charge in [0.15, 0.2) is 0 Å². The van der Waals surface area contributed by atoms with E-state index in [0.29, 0.717) is 17.6 Å². The zero-order valence-electron chi connectivity index (χ0n) is 12.5. The summed E-state index contributed by atoms with van der Waals surface area (Å²) in [6.45, 7) is 12.0. The Kier molecular flexibility index (Phi) is 13.0. The molecule has 0 rings (SSSR count). The second-order valence-electron chi connectivity index (χ2n) is 5.54. The minimum Gasteiger partial charge on any atom is -0.300 e. The highest BCUT2D eigenvalue weighted by molar-refractivity contribution is 5.78. The molecule has 0 bridgehead atoms. The van der Waals surface area contributed by atoms with Crippen molar-refractivity contribution in [3.63, 3.8) is 0 Å². The van der Waals surface area contributed by atoms with Crippen LogP contribution in [0.2, 0.25) is 0 Å². The lowest BCUT2D eigenvalue weighted by Gasteiger charge is -2.01. The summed E-state index contributed by atoms with van der Waals surface area (Å²) < 4.78 is 0. The van der Waals surface area contributed by atoms with Crippen molar-refractivity contribution in [2.45, 2.75) is 73.6 Å². The minimum absolute atomic E-state index is 0.287. The third-order valence-electron chi connectivity index (χ3n) is 2.14. The van der Waals surface area contributed by atoms with Crippen molar-refractivity contribution in [3.8, 4) is 0 Å². The first-order chi connectivity index (χ1) is 7.79. The third kappa shape index (κ3) is 21.2. The molecular weight excluding hydrogens is 212 g/mol. The lowest BCUT2D eigenvalue weighted by Crippen LogP contribution is -2.01. The van der Waals surface area contributed by atoms with Gasteiger partial charge in [0.2, 0.25) is 0 Å². The van der Waals surface area contributed by atoms with Crippen LogP contribution in [0.15, 0.2) is 0 Å². The maximum atomic E-state index is 11.0. The molecule has 0 atom stereocenters. The second kappa shape index (κ2) is 11.8. The van der Waals surface area contributed by atoms with E-state index in [1.165, 1.54) is 0 Å². The molecule has 0 heterocycles. The number of Topliss-reactive ketones (excluding diaryl/α,β-unsaturated/α-hetero) is 2. The predicted octanol–water partition coefficient (Wildman–Crippen LogP) is 4.41. The summed E-state index contributed by atoms with van der Waals surface area (Å²) in [6, 6.07) is 0. The lowest BCUT2D eigenvalue weighted by molar-refractivity contribution is -0.120. The number of rotatable bonds is 7. The van der Waals surface area contributed by atoms with Crippen LogP contribution in [0.3, 0.4) is 0 Å². The Labute approximate surface area is 107 Å². The zero-order chi connectivity index (χ0) is 13.8. The van der Waals surface area contributed by atoms with Gasteiger partial charge in [-0.2, -0.15) is 0 Å². The molecule has 0 aromatic rings. The van der Waals surface area contributed by atoms with E-state index in [1.54, 1.807) is 6.92 Å². The van der Waals surface area contributed by atoms with E-state index in [2.05, 4.69) is 20.8 Å². The fraction of sp³-hybridized carbons (Fsp3) is 0.867. The highest BCUT2D eigenvalue weighted by Crippen LogP contribution is 2.05. The smallest absolute Gasteiger partial charge is 0.133 e. The van der Waals surface area contributed by atoms with Crippen molar-refractivity contribution < 1.29 is 9.59 Å². The summed E-state index contributed by atoms with van der Waals surface area (Å²) in [4.78, 5) is 21.3. The fourth-order valence-corrected chi connectivity index (χ4v) is 1.51. The summed E-state index contributed by atoms with van der Waals surface area (Å²) >= 11 is 0. The molecule has 0 saturated heterocycles. The van der Waals surface area contributed by atoms with Crippen LogP contribution in [0.5, 0.6) is 0 Å². The molecule has 0 aromatic heterocycles. The third-order valence-corrected chi connectivity index (χ3v) is 2.14. The zero-order valence-corrected chi connectivity index (χ0v) is 12.5. The van der Waals surface area contributed by atoms with E-state index in [1.807, 2.05) is 13.8 Å². The van der Waals surface area contributed by atoms with Gasteiger partial charge in [-0.25, -0.2) is 0 Å². The molecule has 0 N–H and O–H groups in total. The van der Waals surface area contributed by atoms with Gasteiger partial charge < -0.3 is 4.79 Å². The molecule has 17 heavy (non-hydrogen) atoms. The Balaban J connectivity index is 0. The monoisotopic (exact) mass is 242 g/mol. The van der Waals surface area contributed by atoms with Gasteiger partial charge in [0.1, 0.15) is 11.6 Å². The highest BCUT2D eigenvalue weighted by atomic mass is 16.1. The van der Waals surface area contributed by atoms with Crippen LogP contribution in [0.4, 0.5) is 0 Å². The van der Waals surface area contributed by atoms with Crippen molar-refractivity contribution in [3.05, 3.63) is 0 Å². The van der Waals surface area contributed by atoms with Gasteiger partial charge in [0.05, 0.1) is 0 Å².